The molecule has 47 heavy (non-hydrogen) atoms. The summed E-state index contributed by atoms with van der Waals surface area (Å²) in [5, 5.41) is 13.5. The number of aromatic amines is 1. The second-order valence-electron chi connectivity index (χ2n) is 6.70. The molecule has 6 nitrogen and oxygen atoms in total. The van der Waals surface area contributed by atoms with Crippen molar-refractivity contribution in [2.45, 2.75) is 6.92 Å². The normalized spacial score (nSPS) is 6.00. The summed E-state index contributed by atoms with van der Waals surface area (Å²) in [4.78, 5) is 10.8. The van der Waals surface area contributed by atoms with E-state index in [1.807, 2.05) is 0 Å². The highest BCUT2D eigenvalue weighted by atomic mass is 79.9. The van der Waals surface area contributed by atoms with Crippen LogP contribution in [0.3, 0.4) is 0 Å². The van der Waals surface area contributed by atoms with Crippen molar-refractivity contribution < 1.29 is 9.53 Å². The van der Waals surface area contributed by atoms with Crippen molar-refractivity contribution in [1.29, 1.82) is 0 Å². The van der Waals surface area contributed by atoms with Crippen molar-refractivity contribution >= 4 is 22.2 Å². The van der Waals surface area contributed by atoms with Gasteiger partial charge < -0.3 is 4.74 Å². The molecule has 0 unspecified atom stereocenters. The summed E-state index contributed by atoms with van der Waals surface area (Å²) >= 11 is 3.28. The molecular weight excluding hydrogens is 648 g/mol. The van der Waals surface area contributed by atoms with Gasteiger partial charge in [-0.15, -0.1) is 16.6 Å². The standard InChI is InChI=1S/C31H4.C9H7BrN4O2/c1-3-5-7-9-11-13-15-17-19-21-23-25-27-29-31-30-28-26-24-22-20-18-16-14-12-10-8-6-4-2;1-16-8-2-5(4-15)7(10)3-6(8)9-11-13-14-12-9/h1H,2H3;2-4H,1H3,(H,11,12,13,14). The number of nitrogens with one attached hydrogen (secondary N) is 1. The lowest BCUT2D eigenvalue weighted by Gasteiger charge is -2.07. The van der Waals surface area contributed by atoms with Crippen LogP contribution in [0.1, 0.15) is 17.3 Å². The molecule has 2 rings (SSSR count). The van der Waals surface area contributed by atoms with Gasteiger partial charge in [0, 0.05) is 81.1 Å². The summed E-state index contributed by atoms with van der Waals surface area (Å²) < 4.78 is 5.82. The van der Waals surface area contributed by atoms with Crippen LogP contribution < -0.4 is 4.74 Å². The third-order valence-electron chi connectivity index (χ3n) is 3.85. The van der Waals surface area contributed by atoms with Gasteiger partial charge in [-0.3, -0.25) is 4.79 Å². The van der Waals surface area contributed by atoms with Crippen molar-refractivity contribution in [3.63, 3.8) is 0 Å². The second-order valence-corrected chi connectivity index (χ2v) is 7.55. The van der Waals surface area contributed by atoms with Crippen LogP contribution >= 0.6 is 15.9 Å². The van der Waals surface area contributed by atoms with Gasteiger partial charge in [0.1, 0.15) is 5.75 Å². The van der Waals surface area contributed by atoms with E-state index in [-0.39, 0.29) is 0 Å². The van der Waals surface area contributed by atoms with E-state index in [2.05, 4.69) is 208 Å². The molecule has 0 spiro atoms. The minimum Gasteiger partial charge on any atom is -0.496 e. The van der Waals surface area contributed by atoms with E-state index in [9.17, 15) is 4.79 Å². The van der Waals surface area contributed by atoms with E-state index in [1.165, 1.54) is 7.11 Å². The second kappa shape index (κ2) is 26.5. The third kappa shape index (κ3) is 18.6. The fourth-order valence-corrected chi connectivity index (χ4v) is 2.60. The predicted octanol–water partition coefficient (Wildman–Crippen LogP) is 2.14. The van der Waals surface area contributed by atoms with E-state index >= 15 is 0 Å². The number of benzene rings is 1. The molecule has 2 aromatic rings. The summed E-state index contributed by atoms with van der Waals surface area (Å²) in [7, 11) is 1.52. The fraction of sp³-hybridized carbons (Fsp3) is 0.0500. The van der Waals surface area contributed by atoms with Gasteiger partial charge >= 0.3 is 0 Å². The molecule has 210 valence electrons. The van der Waals surface area contributed by atoms with Gasteiger partial charge in [-0.05, 0) is 119 Å². The SMILES string of the molecule is C#CC#CC#CC#CC#CC#CC#CC#CC#CC#CC#CC#CC#CC#CC#CC.COc1cc(C=O)c(Br)cc1-c1nn[nH]n1. The van der Waals surface area contributed by atoms with E-state index < -0.39 is 0 Å². The first-order chi connectivity index (χ1) is 23.2. The van der Waals surface area contributed by atoms with Gasteiger partial charge in [-0.2, -0.15) is 5.21 Å². The molecule has 0 amide bonds. The van der Waals surface area contributed by atoms with Crippen LogP contribution in [-0.2, 0) is 0 Å². The van der Waals surface area contributed by atoms with Crippen LogP contribution in [0, 0.1) is 178 Å². The number of halogens is 1. The van der Waals surface area contributed by atoms with Crippen LogP contribution in [0.4, 0.5) is 0 Å². The number of aldehydes is 1. The van der Waals surface area contributed by atoms with Crippen molar-refractivity contribution in [3.8, 4) is 195 Å². The molecule has 1 heterocycles. The van der Waals surface area contributed by atoms with Crippen LogP contribution in [0.2, 0.25) is 0 Å². The molecule has 0 aliphatic carbocycles. The number of nitrogens with zero attached hydrogens (tertiary/aromatic N) is 3. The van der Waals surface area contributed by atoms with E-state index in [0.29, 0.717) is 27.2 Å². The van der Waals surface area contributed by atoms with Gasteiger partial charge in [0.2, 0.25) is 5.82 Å². The summed E-state index contributed by atoms with van der Waals surface area (Å²) in [5.74, 6) is 72.8. The van der Waals surface area contributed by atoms with Crippen molar-refractivity contribution in [2.75, 3.05) is 7.11 Å². The lowest BCUT2D eigenvalue weighted by atomic mass is 10.1. The van der Waals surface area contributed by atoms with Crippen molar-refractivity contribution in [2.24, 2.45) is 0 Å². The molecule has 1 N–H and O–H groups in total. The summed E-state index contributed by atoms with van der Waals surface area (Å²) in [6, 6.07) is 3.33. The van der Waals surface area contributed by atoms with Crippen molar-refractivity contribution in [1.82, 2.24) is 20.6 Å². The third-order valence-corrected chi connectivity index (χ3v) is 4.54. The summed E-state index contributed by atoms with van der Waals surface area (Å²) in [5.41, 5.74) is 1.16. The molecule has 0 fully saturated rings. The maximum atomic E-state index is 10.8. The number of aromatic nitrogens is 4. The molecule has 0 saturated heterocycles. The molecule has 1 aromatic heterocycles. The lowest BCUT2D eigenvalue weighted by Crippen LogP contribution is -1.93. The Morgan fingerprint density at radius 3 is 1.34 bits per heavy atom. The quantitative estimate of drug-likeness (QED) is 0.404. The first-order valence-corrected chi connectivity index (χ1v) is 12.9. The zero-order valence-corrected chi connectivity index (χ0v) is 25.9. The van der Waals surface area contributed by atoms with Gasteiger partial charge in [-0.1, -0.05) is 21.9 Å². The number of hydrogen-bond donors (Lipinski definition) is 1. The lowest BCUT2D eigenvalue weighted by molar-refractivity contribution is 0.112. The maximum Gasteiger partial charge on any atom is 0.208 e. The summed E-state index contributed by atoms with van der Waals surface area (Å²) in [6.45, 7) is 1.69. The van der Waals surface area contributed by atoms with E-state index in [0.717, 1.165) is 6.29 Å². The van der Waals surface area contributed by atoms with Crippen molar-refractivity contribution in [3.05, 3.63) is 22.2 Å². The van der Waals surface area contributed by atoms with Crippen LogP contribution in [0.15, 0.2) is 16.6 Å². The highest BCUT2D eigenvalue weighted by Gasteiger charge is 2.13. The van der Waals surface area contributed by atoms with Crippen LogP contribution in [-0.4, -0.2) is 34.0 Å². The number of carbonyl (C=O) groups excluding carboxylic acids is 1. The molecule has 0 saturated carbocycles. The molecule has 0 atom stereocenters. The van der Waals surface area contributed by atoms with Gasteiger partial charge in [-0.25, -0.2) is 0 Å². The van der Waals surface area contributed by atoms with E-state index in [4.69, 9.17) is 11.2 Å². The number of hydrogen-bond acceptors (Lipinski definition) is 5. The van der Waals surface area contributed by atoms with Gasteiger partial charge in [0.05, 0.1) is 12.7 Å². The van der Waals surface area contributed by atoms with Gasteiger partial charge in [0.15, 0.2) is 6.29 Å². The minimum atomic E-state index is 0.412. The molecule has 0 aliphatic heterocycles. The Kier molecular flexibility index (Phi) is 20.7. The Labute approximate surface area is 282 Å². The van der Waals surface area contributed by atoms with Crippen LogP contribution in [0.25, 0.3) is 11.4 Å². The first-order valence-electron chi connectivity index (χ1n) is 12.1. The smallest absolute Gasteiger partial charge is 0.208 e. The highest BCUT2D eigenvalue weighted by Crippen LogP contribution is 2.32. The molecule has 0 bridgehead atoms. The predicted molar refractivity (Wildman–Crippen MR) is 183 cm³/mol. The Balaban J connectivity index is 0.000000569. The number of rotatable bonds is 3. The number of carbonyl (C=O) groups is 1. The van der Waals surface area contributed by atoms with Crippen LogP contribution in [0.5, 0.6) is 5.75 Å². The number of methoxy groups -OCH3 is 1. The number of tetrazole rings is 1. The zero-order valence-electron chi connectivity index (χ0n) is 24.3. The average Bonchev–Trinajstić information content (AvgIpc) is 3.63. The summed E-state index contributed by atoms with van der Waals surface area (Å²) in [6.07, 6.45) is 5.66. The Bertz CT molecular complexity index is 2480. The molecule has 1 aromatic carbocycles. The fourth-order valence-electron chi connectivity index (χ4n) is 2.16. The first kappa shape index (κ1) is 36.7. The average molecular weight is 659 g/mol. The highest BCUT2D eigenvalue weighted by molar-refractivity contribution is 9.10. The minimum absolute atomic E-state index is 0.412. The van der Waals surface area contributed by atoms with E-state index in [1.54, 1.807) is 19.1 Å². The molecule has 0 aliphatic rings. The zero-order chi connectivity index (χ0) is 34.0. The Hall–Kier alpha value is -8.36. The van der Waals surface area contributed by atoms with Gasteiger partial charge in [0.25, 0.3) is 0 Å². The number of ether oxygens (including phenoxy) is 1. The molecule has 7 heteroatoms. The molecular formula is C40H11BrN4O2. The largest absolute Gasteiger partial charge is 0.496 e. The monoisotopic (exact) mass is 658 g/mol. The topological polar surface area (TPSA) is 80.8 Å². The maximum absolute atomic E-state index is 10.8. The molecule has 0 radical (unpaired) electrons. The number of H-pyrrole nitrogens is 1. The Morgan fingerprint density at radius 2 is 1.04 bits per heavy atom. The number of terminal acetylenes is 1. The Morgan fingerprint density at radius 1 is 0.660 bits per heavy atom.